The molecule has 4 aromatic heterocycles. The van der Waals surface area contributed by atoms with E-state index < -0.39 is 0 Å². The Labute approximate surface area is 382 Å². The summed E-state index contributed by atoms with van der Waals surface area (Å²) in [6, 6.07) is 23.3. The third-order valence-electron chi connectivity index (χ3n) is 8.49. The average molecular weight is 914 g/mol. The van der Waals surface area contributed by atoms with Crippen molar-refractivity contribution >= 4 is 90.3 Å². The highest BCUT2D eigenvalue weighted by Gasteiger charge is 2.32. The van der Waals surface area contributed by atoms with E-state index in [1.54, 1.807) is 65.0 Å². The predicted molar refractivity (Wildman–Crippen MR) is 272 cm³/mol. The van der Waals surface area contributed by atoms with Gasteiger partial charge < -0.3 is 16.0 Å². The number of aromatic nitrogens is 4. The van der Waals surface area contributed by atoms with Crippen LogP contribution in [0.25, 0.3) is 21.1 Å². The maximum absolute atomic E-state index is 13.1. The number of benzene rings is 2. The number of nitrogens with one attached hydrogen (secondary N) is 3. The summed E-state index contributed by atoms with van der Waals surface area (Å²) in [6.45, 7) is 5.75. The first-order valence-electron chi connectivity index (χ1n) is 15.9. The molecule has 6 aromatic rings. The number of nitrogen functional groups attached to an aromatic ring is 1. The number of carbonyl (C=O) groups is 1. The number of hydrogen-bond donors (Lipinski definition) is 4. The van der Waals surface area contributed by atoms with Gasteiger partial charge >= 0.3 is 6.03 Å². The zero-order chi connectivity index (χ0) is 34.5. The molecule has 8 rings (SSSR count). The highest BCUT2D eigenvalue weighted by molar-refractivity contribution is 7.59. The van der Waals surface area contributed by atoms with Gasteiger partial charge in [-0.05, 0) is 73.1 Å². The summed E-state index contributed by atoms with van der Waals surface area (Å²) < 4.78 is 0. The molecule has 2 atom stereocenters. The molecule has 15 heteroatoms. The van der Waals surface area contributed by atoms with E-state index in [0.29, 0.717) is 28.3 Å². The summed E-state index contributed by atoms with van der Waals surface area (Å²) >= 11 is 15.0. The van der Waals surface area contributed by atoms with Gasteiger partial charge in [0.25, 0.3) is 0 Å². The van der Waals surface area contributed by atoms with E-state index in [-0.39, 0.29) is 91.1 Å². The van der Waals surface area contributed by atoms with Crippen LogP contribution < -0.4 is 16.0 Å². The molecule has 0 saturated heterocycles. The number of halogens is 2. The van der Waals surface area contributed by atoms with E-state index in [1.807, 2.05) is 34.5 Å². The van der Waals surface area contributed by atoms with Gasteiger partial charge in [0.2, 0.25) is 0 Å². The first-order valence-corrected chi connectivity index (χ1v) is 18.4. The highest BCUT2D eigenvalue weighted by Crippen LogP contribution is 2.34. The minimum absolute atomic E-state index is 0. The number of amides is 2. The lowest BCUT2D eigenvalue weighted by atomic mass is 9.99. The van der Waals surface area contributed by atoms with Crippen LogP contribution in [0.15, 0.2) is 83.6 Å². The Morgan fingerprint density at radius 2 is 1.28 bits per heavy atom. The lowest BCUT2D eigenvalue weighted by molar-refractivity contribution is 0.176. The number of nitrogens with two attached hydrogens (primary N) is 1. The van der Waals surface area contributed by atoms with E-state index in [4.69, 9.17) is 28.9 Å². The van der Waals surface area contributed by atoms with E-state index >= 15 is 0 Å². The molecular weight excluding hydrogens is 844 g/mol. The third-order valence-corrected chi connectivity index (χ3v) is 10.7. The van der Waals surface area contributed by atoms with Crippen molar-refractivity contribution < 1.29 is 4.79 Å². The van der Waals surface area contributed by atoms with Crippen LogP contribution in [0.5, 0.6) is 0 Å². The molecule has 6 heterocycles. The Balaban J connectivity index is -0.000000395. The molecule has 0 saturated carbocycles. The fourth-order valence-electron chi connectivity index (χ4n) is 5.87. The van der Waals surface area contributed by atoms with Crippen LogP contribution in [-0.4, -0.2) is 50.5 Å². The molecular formula is C43H70Cl2N8OS4. The normalized spacial score (nSPS) is 13.8. The van der Waals surface area contributed by atoms with Crippen molar-refractivity contribution in [3.05, 3.63) is 116 Å². The number of H-pyrrole nitrogens is 2. The quantitative estimate of drug-likeness (QED) is 0.132. The van der Waals surface area contributed by atoms with Gasteiger partial charge in [-0.25, -0.2) is 4.79 Å². The topological polar surface area (TPSA) is 119 Å². The van der Waals surface area contributed by atoms with E-state index in [1.165, 1.54) is 16.1 Å². The molecule has 326 valence electrons. The lowest BCUT2D eigenvalue weighted by Crippen LogP contribution is -2.48. The molecule has 0 unspecified atom stereocenters. The summed E-state index contributed by atoms with van der Waals surface area (Å²) in [7, 11) is 1.78. The van der Waals surface area contributed by atoms with Crippen molar-refractivity contribution in [2.75, 3.05) is 17.7 Å². The van der Waals surface area contributed by atoms with Crippen molar-refractivity contribution in [1.29, 1.82) is 0 Å². The first-order chi connectivity index (χ1) is 23.7. The van der Waals surface area contributed by atoms with E-state index in [2.05, 4.69) is 63.1 Å². The molecule has 5 N–H and O–H groups in total. The van der Waals surface area contributed by atoms with E-state index in [0.717, 1.165) is 52.6 Å². The molecule has 2 aliphatic rings. The van der Waals surface area contributed by atoms with Gasteiger partial charge in [-0.2, -0.15) is 37.2 Å². The van der Waals surface area contributed by atoms with Crippen LogP contribution in [0.3, 0.4) is 0 Å². The third kappa shape index (κ3) is 14.7. The maximum atomic E-state index is 13.1. The first kappa shape index (κ1) is 61.2. The van der Waals surface area contributed by atoms with Crippen LogP contribution in [0, 0.1) is 0 Å². The monoisotopic (exact) mass is 912 g/mol. The molecule has 2 amide bonds. The van der Waals surface area contributed by atoms with Gasteiger partial charge in [0, 0.05) is 82.5 Å². The zero-order valence-corrected chi connectivity index (χ0v) is 33.6. The molecule has 58 heavy (non-hydrogen) atoms. The van der Waals surface area contributed by atoms with Crippen molar-refractivity contribution in [3.63, 3.8) is 0 Å². The standard InChI is InChI=1S/C19H19ClN4OS.C11H13N3S.C6H6ClN.7CH4.2H2S/c1-12-9-16-15(18(22-21-16)17-7-4-8-26-17)11-24(12)19(25)23(2)14-6-3-5-13(20)10-14;1-7-5-9-8(6-12-7)11(14-13-9)10-3-2-4-15-10;7-5-2-1-3-6(8)4-5;;;;;;;;;/h3-8,10,12H,9,11H2,1-2H3,(H,21,22);2-4,7,12H,5-6H2,1H3,(H,13,14);1-4H,8H2;7*1H4;2*1H2/t12-;7-;;;;;;;;;;/m00........../s1. The van der Waals surface area contributed by atoms with E-state index in [9.17, 15) is 4.79 Å². The highest BCUT2D eigenvalue weighted by atomic mass is 35.5. The molecule has 2 aromatic carbocycles. The number of aromatic amines is 2. The summed E-state index contributed by atoms with van der Waals surface area (Å²) in [5.74, 6) is 0. The Morgan fingerprint density at radius 3 is 1.76 bits per heavy atom. The number of hydrogen-bond acceptors (Lipinski definition) is 7. The van der Waals surface area contributed by atoms with Crippen LogP contribution >= 0.6 is 72.9 Å². The summed E-state index contributed by atoms with van der Waals surface area (Å²) in [5, 5.41) is 24.1. The summed E-state index contributed by atoms with van der Waals surface area (Å²) in [5.41, 5.74) is 13.8. The van der Waals surface area contributed by atoms with Crippen molar-refractivity contribution in [2.24, 2.45) is 0 Å². The van der Waals surface area contributed by atoms with Crippen molar-refractivity contribution in [3.8, 4) is 21.1 Å². The Bertz CT molecular complexity index is 1980. The molecule has 0 fully saturated rings. The summed E-state index contributed by atoms with van der Waals surface area (Å²) in [4.78, 5) is 19.1. The van der Waals surface area contributed by atoms with Crippen LogP contribution in [0.4, 0.5) is 16.2 Å². The van der Waals surface area contributed by atoms with Gasteiger partial charge in [-0.1, -0.05) is 99.5 Å². The van der Waals surface area contributed by atoms with Gasteiger partial charge in [0.05, 0.1) is 16.3 Å². The largest absolute Gasteiger partial charge is 0.399 e. The smallest absolute Gasteiger partial charge is 0.324 e. The van der Waals surface area contributed by atoms with Crippen molar-refractivity contribution in [2.45, 2.75) is 104 Å². The molecule has 9 nitrogen and oxygen atoms in total. The second-order valence-corrected chi connectivity index (χ2v) is 14.8. The number of anilines is 2. The minimum atomic E-state index is -0.0382. The molecule has 0 radical (unpaired) electrons. The number of nitrogens with zero attached hydrogens (tertiary/aromatic N) is 4. The number of urea groups is 1. The van der Waals surface area contributed by atoms with Crippen molar-refractivity contribution in [1.82, 2.24) is 30.6 Å². The number of carbonyl (C=O) groups excluding carboxylic acids is 1. The zero-order valence-electron chi connectivity index (χ0n) is 28.4. The number of rotatable bonds is 3. The second kappa shape index (κ2) is 28.1. The summed E-state index contributed by atoms with van der Waals surface area (Å²) in [6.07, 6.45) is 1.82. The number of fused-ring (bicyclic) bond motifs is 2. The minimum Gasteiger partial charge on any atom is -0.399 e. The van der Waals surface area contributed by atoms with Gasteiger partial charge in [-0.15, -0.1) is 22.7 Å². The number of thiophene rings is 2. The molecule has 0 spiro atoms. The predicted octanol–water partition coefficient (Wildman–Crippen LogP) is 13.6. The van der Waals surface area contributed by atoms with Gasteiger partial charge in [-0.3, -0.25) is 15.1 Å². The lowest BCUT2D eigenvalue weighted by Gasteiger charge is -2.36. The van der Waals surface area contributed by atoms with Crippen LogP contribution in [-0.2, 0) is 25.9 Å². The Hall–Kier alpha value is -3.43. The Morgan fingerprint density at radius 1 is 0.759 bits per heavy atom. The molecule has 2 aliphatic heterocycles. The molecule has 0 aliphatic carbocycles. The maximum Gasteiger partial charge on any atom is 0.324 e. The van der Waals surface area contributed by atoms with Crippen LogP contribution in [0.2, 0.25) is 10.0 Å². The second-order valence-electron chi connectivity index (χ2n) is 12.1. The van der Waals surface area contributed by atoms with Crippen LogP contribution in [0.1, 0.15) is 88.3 Å². The molecule has 0 bridgehead atoms. The fraction of sp³-hybridized carbons (Fsp3) is 0.372. The SMILES string of the molecule is C.C.C.C.C.C.C.C[C@H]1Cc2[nH]nc(-c3cccs3)c2CN1.C[C@H]1Cc2[nH]nc(-c3cccs3)c2CN1C(=O)N(C)c1cccc(Cl)c1.Nc1cccc(Cl)c1.S.S. The van der Waals surface area contributed by atoms with Gasteiger partial charge in [0.1, 0.15) is 11.4 Å². The fourth-order valence-corrected chi connectivity index (χ4v) is 7.74. The Kier molecular flexibility index (Phi) is 29.7. The average Bonchev–Trinajstić information content (AvgIpc) is 3.91. The van der Waals surface area contributed by atoms with Gasteiger partial charge in [0.15, 0.2) is 0 Å².